The molecule has 1 fully saturated rings. The van der Waals surface area contributed by atoms with Crippen molar-refractivity contribution in [3.8, 4) is 0 Å². The highest BCUT2D eigenvalue weighted by Gasteiger charge is 2.32. The summed E-state index contributed by atoms with van der Waals surface area (Å²) in [7, 11) is 0. The molecule has 0 aromatic heterocycles. The lowest BCUT2D eigenvalue weighted by atomic mass is 9.70. The number of nitrogens with one attached hydrogen (secondary N) is 1. The van der Waals surface area contributed by atoms with E-state index in [-0.39, 0.29) is 18.0 Å². The van der Waals surface area contributed by atoms with Crippen molar-refractivity contribution in [2.75, 3.05) is 18.0 Å². The Bertz CT molecular complexity index is 483. The van der Waals surface area contributed by atoms with Crippen LogP contribution in [0.25, 0.3) is 0 Å². The van der Waals surface area contributed by atoms with Gasteiger partial charge in [0, 0.05) is 12.2 Å². The highest BCUT2D eigenvalue weighted by atomic mass is 16.4. The second-order valence-electron chi connectivity index (χ2n) is 5.64. The van der Waals surface area contributed by atoms with Crippen molar-refractivity contribution in [3.63, 3.8) is 0 Å². The normalized spacial score (nSPS) is 16.1. The van der Waals surface area contributed by atoms with Crippen molar-refractivity contribution < 1.29 is 14.7 Å². The molecule has 0 atom stereocenters. The average Bonchev–Trinajstić information content (AvgIpc) is 2.41. The van der Waals surface area contributed by atoms with Gasteiger partial charge in [0.2, 0.25) is 0 Å². The van der Waals surface area contributed by atoms with Crippen LogP contribution < -0.4 is 10.2 Å². The maximum atomic E-state index is 12.2. The first-order chi connectivity index (χ1) is 9.50. The molecule has 1 aliphatic carbocycles. The molecule has 0 spiro atoms. The Kier molecular flexibility index (Phi) is 4.27. The van der Waals surface area contributed by atoms with Crippen LogP contribution in [-0.2, 0) is 4.79 Å². The number of hydrogen-bond acceptors (Lipinski definition) is 2. The summed E-state index contributed by atoms with van der Waals surface area (Å²) in [6, 6.07) is 8.50. The molecule has 1 aliphatic rings. The Labute approximate surface area is 118 Å². The third kappa shape index (κ3) is 3.50. The number of carboxylic acids is 1. The second-order valence-corrected chi connectivity index (χ2v) is 5.64. The molecule has 2 rings (SSSR count). The number of benzene rings is 1. The maximum absolute atomic E-state index is 12.2. The van der Waals surface area contributed by atoms with Crippen LogP contribution in [0.1, 0.15) is 26.2 Å². The topological polar surface area (TPSA) is 69.6 Å². The van der Waals surface area contributed by atoms with Gasteiger partial charge in [-0.05, 0) is 30.4 Å². The van der Waals surface area contributed by atoms with Gasteiger partial charge < -0.3 is 10.4 Å². The number of carbonyl (C=O) groups excluding carboxylic acids is 1. The number of anilines is 1. The van der Waals surface area contributed by atoms with Crippen LogP contribution in [0.2, 0.25) is 0 Å². The molecule has 1 aromatic carbocycles. The maximum Gasteiger partial charge on any atom is 0.323 e. The summed E-state index contributed by atoms with van der Waals surface area (Å²) in [4.78, 5) is 24.4. The Morgan fingerprint density at radius 2 is 1.95 bits per heavy atom. The minimum absolute atomic E-state index is 0.168. The molecule has 0 heterocycles. The summed E-state index contributed by atoms with van der Waals surface area (Å²) in [6.07, 6.45) is 3.42. The van der Waals surface area contributed by atoms with E-state index in [9.17, 15) is 9.59 Å². The van der Waals surface area contributed by atoms with E-state index >= 15 is 0 Å². The number of amides is 2. The highest BCUT2D eigenvalue weighted by Crippen LogP contribution is 2.39. The minimum Gasteiger partial charge on any atom is -0.480 e. The summed E-state index contributed by atoms with van der Waals surface area (Å²) in [5, 5.41) is 11.8. The molecule has 1 aromatic rings. The SMILES string of the molecule is CC1(CNC(=O)N(CC(=O)O)c2ccccc2)CCC1. The van der Waals surface area contributed by atoms with Crippen molar-refractivity contribution in [1.29, 1.82) is 0 Å². The van der Waals surface area contributed by atoms with Crippen LogP contribution in [0.15, 0.2) is 30.3 Å². The highest BCUT2D eigenvalue weighted by molar-refractivity contribution is 5.96. The van der Waals surface area contributed by atoms with E-state index in [4.69, 9.17) is 5.11 Å². The summed E-state index contributed by atoms with van der Waals surface area (Å²) in [6.45, 7) is 2.39. The molecular weight excluding hydrogens is 256 g/mol. The molecule has 0 aliphatic heterocycles. The first-order valence-corrected chi connectivity index (χ1v) is 6.82. The first kappa shape index (κ1) is 14.4. The lowest BCUT2D eigenvalue weighted by molar-refractivity contribution is -0.135. The monoisotopic (exact) mass is 276 g/mol. The summed E-state index contributed by atoms with van der Waals surface area (Å²) in [5.41, 5.74) is 0.757. The van der Waals surface area contributed by atoms with E-state index in [1.165, 1.54) is 11.3 Å². The van der Waals surface area contributed by atoms with Gasteiger partial charge in [-0.2, -0.15) is 0 Å². The van der Waals surface area contributed by atoms with Gasteiger partial charge in [0.05, 0.1) is 0 Å². The lowest BCUT2D eigenvalue weighted by Gasteiger charge is -2.38. The van der Waals surface area contributed by atoms with Crippen molar-refractivity contribution in [2.24, 2.45) is 5.41 Å². The predicted octanol–water partition coefficient (Wildman–Crippen LogP) is 2.48. The summed E-state index contributed by atoms with van der Waals surface area (Å²) < 4.78 is 0. The van der Waals surface area contributed by atoms with Crippen molar-refractivity contribution in [1.82, 2.24) is 5.32 Å². The number of urea groups is 1. The van der Waals surface area contributed by atoms with Gasteiger partial charge in [-0.25, -0.2) is 4.79 Å². The fraction of sp³-hybridized carbons (Fsp3) is 0.467. The molecule has 20 heavy (non-hydrogen) atoms. The summed E-state index contributed by atoms with van der Waals surface area (Å²) >= 11 is 0. The number of nitrogens with zero attached hydrogens (tertiary/aromatic N) is 1. The van der Waals surface area contributed by atoms with E-state index in [0.29, 0.717) is 12.2 Å². The smallest absolute Gasteiger partial charge is 0.323 e. The molecule has 5 nitrogen and oxygen atoms in total. The molecule has 0 unspecified atom stereocenters. The molecule has 0 bridgehead atoms. The van der Waals surface area contributed by atoms with Gasteiger partial charge in [0.1, 0.15) is 6.54 Å². The quantitative estimate of drug-likeness (QED) is 0.868. The second kappa shape index (κ2) is 5.94. The Hall–Kier alpha value is -2.04. The van der Waals surface area contributed by atoms with E-state index in [1.807, 2.05) is 6.07 Å². The molecule has 2 amide bonds. The van der Waals surface area contributed by atoms with E-state index in [1.54, 1.807) is 24.3 Å². The summed E-state index contributed by atoms with van der Waals surface area (Å²) in [5.74, 6) is -1.03. The molecule has 1 saturated carbocycles. The zero-order chi connectivity index (χ0) is 14.6. The molecule has 0 radical (unpaired) electrons. The van der Waals surface area contributed by atoms with Crippen LogP contribution in [0, 0.1) is 5.41 Å². The first-order valence-electron chi connectivity index (χ1n) is 6.82. The minimum atomic E-state index is -1.03. The Balaban J connectivity index is 2.02. The Morgan fingerprint density at radius 1 is 1.30 bits per heavy atom. The van der Waals surface area contributed by atoms with Crippen LogP contribution in [0.4, 0.5) is 10.5 Å². The van der Waals surface area contributed by atoms with Gasteiger partial charge in [-0.1, -0.05) is 31.5 Å². The number of rotatable bonds is 5. The fourth-order valence-electron chi connectivity index (χ4n) is 2.37. The third-order valence-corrected chi connectivity index (χ3v) is 3.83. The van der Waals surface area contributed by atoms with Crippen molar-refractivity contribution >= 4 is 17.7 Å². The predicted molar refractivity (Wildman–Crippen MR) is 76.8 cm³/mol. The van der Waals surface area contributed by atoms with Crippen LogP contribution in [0.5, 0.6) is 0 Å². The van der Waals surface area contributed by atoms with Gasteiger partial charge in [0.15, 0.2) is 0 Å². The number of hydrogen-bond donors (Lipinski definition) is 2. The molecule has 108 valence electrons. The van der Waals surface area contributed by atoms with Crippen LogP contribution in [-0.4, -0.2) is 30.2 Å². The fourth-order valence-corrected chi connectivity index (χ4v) is 2.37. The molecule has 2 N–H and O–H groups in total. The molecule has 0 saturated heterocycles. The largest absolute Gasteiger partial charge is 0.480 e. The van der Waals surface area contributed by atoms with E-state index < -0.39 is 5.97 Å². The zero-order valence-electron chi connectivity index (χ0n) is 11.6. The van der Waals surface area contributed by atoms with E-state index in [0.717, 1.165) is 12.8 Å². The molecule has 5 heteroatoms. The lowest BCUT2D eigenvalue weighted by Crippen LogP contribution is -2.47. The van der Waals surface area contributed by atoms with Gasteiger partial charge in [-0.15, -0.1) is 0 Å². The van der Waals surface area contributed by atoms with Crippen LogP contribution in [0.3, 0.4) is 0 Å². The zero-order valence-corrected chi connectivity index (χ0v) is 11.6. The number of aliphatic carboxylic acids is 1. The van der Waals surface area contributed by atoms with E-state index in [2.05, 4.69) is 12.2 Å². The van der Waals surface area contributed by atoms with Crippen molar-refractivity contribution in [3.05, 3.63) is 30.3 Å². The average molecular weight is 276 g/mol. The van der Waals surface area contributed by atoms with Gasteiger partial charge >= 0.3 is 12.0 Å². The number of carboxylic acid groups (broad SMARTS) is 1. The van der Waals surface area contributed by atoms with Crippen LogP contribution >= 0.6 is 0 Å². The van der Waals surface area contributed by atoms with Crippen molar-refractivity contribution in [2.45, 2.75) is 26.2 Å². The van der Waals surface area contributed by atoms with Gasteiger partial charge in [0.25, 0.3) is 0 Å². The standard InChI is InChI=1S/C15H20N2O3/c1-15(8-5-9-15)11-16-14(20)17(10-13(18)19)12-6-3-2-4-7-12/h2-4,6-7H,5,8-11H2,1H3,(H,16,20)(H,18,19). The number of para-hydroxylation sites is 1. The Morgan fingerprint density at radius 3 is 2.45 bits per heavy atom. The third-order valence-electron chi connectivity index (χ3n) is 3.83. The molecular formula is C15H20N2O3. The van der Waals surface area contributed by atoms with Gasteiger partial charge in [-0.3, -0.25) is 9.69 Å². The number of carbonyl (C=O) groups is 2.